The van der Waals surface area contributed by atoms with Crippen LogP contribution in [0.3, 0.4) is 0 Å². The third kappa shape index (κ3) is 4.52. The number of rotatable bonds is 5. The van der Waals surface area contributed by atoms with Crippen LogP contribution in [0.25, 0.3) is 0 Å². The second-order valence-corrected chi connectivity index (χ2v) is 5.99. The van der Waals surface area contributed by atoms with Gasteiger partial charge in [0.2, 0.25) is 0 Å². The second-order valence-electron chi connectivity index (χ2n) is 5.99. The number of carbonyl (C=O) groups is 1. The summed E-state index contributed by atoms with van der Waals surface area (Å²) in [7, 11) is 1.56. The summed E-state index contributed by atoms with van der Waals surface area (Å²) in [6, 6.07) is 1.62. The molecule has 1 aromatic rings. The Morgan fingerprint density at radius 1 is 1.43 bits per heavy atom. The Morgan fingerprint density at radius 2 is 2.10 bits per heavy atom. The van der Waals surface area contributed by atoms with Crippen molar-refractivity contribution in [2.75, 3.05) is 39.8 Å². The predicted molar refractivity (Wildman–Crippen MR) is 75.9 cm³/mol. The molecule has 0 atom stereocenters. The molecule has 1 aliphatic rings. The van der Waals surface area contributed by atoms with Crippen LogP contribution in [0.4, 0.5) is 0 Å². The molecule has 0 aromatic carbocycles. The topological polar surface area (TPSA) is 79.0 Å². The highest BCUT2D eigenvalue weighted by Crippen LogP contribution is 2.12. The SMILES string of the molecule is COCc1cc(C(=O)N2CCN(CC(C)(C)O)CC2)no1. The standard InChI is InChI=1S/C14H23N3O4/c1-14(2,19)10-16-4-6-17(7-5-16)13(18)12-8-11(9-20-3)21-15-12/h8,19H,4-7,9-10H2,1-3H3. The van der Waals surface area contributed by atoms with E-state index in [0.29, 0.717) is 37.7 Å². The Balaban J connectivity index is 1.87. The molecule has 2 rings (SSSR count). The van der Waals surface area contributed by atoms with E-state index in [0.717, 1.165) is 13.1 Å². The van der Waals surface area contributed by atoms with Crippen LogP contribution in [0.1, 0.15) is 30.1 Å². The van der Waals surface area contributed by atoms with Crippen LogP contribution in [-0.4, -0.2) is 71.4 Å². The quantitative estimate of drug-likeness (QED) is 0.845. The molecule has 0 spiro atoms. The lowest BCUT2D eigenvalue weighted by Crippen LogP contribution is -2.52. The smallest absolute Gasteiger partial charge is 0.276 e. The number of ether oxygens (including phenoxy) is 1. The first-order valence-electron chi connectivity index (χ1n) is 7.07. The molecule has 1 fully saturated rings. The number of aromatic nitrogens is 1. The molecule has 7 heteroatoms. The van der Waals surface area contributed by atoms with E-state index in [2.05, 4.69) is 10.1 Å². The zero-order valence-electron chi connectivity index (χ0n) is 12.8. The molecule has 0 unspecified atom stereocenters. The first kappa shape index (κ1) is 15.9. The van der Waals surface area contributed by atoms with Gasteiger partial charge in [0.15, 0.2) is 11.5 Å². The highest BCUT2D eigenvalue weighted by molar-refractivity contribution is 5.92. The van der Waals surface area contributed by atoms with E-state index in [9.17, 15) is 9.90 Å². The molecule has 2 heterocycles. The van der Waals surface area contributed by atoms with Crippen molar-refractivity contribution >= 4 is 5.91 Å². The third-order valence-electron chi connectivity index (χ3n) is 3.33. The average Bonchev–Trinajstić information content (AvgIpc) is 2.86. The summed E-state index contributed by atoms with van der Waals surface area (Å²) in [5, 5.41) is 13.6. The van der Waals surface area contributed by atoms with Gasteiger partial charge in [-0.25, -0.2) is 0 Å². The van der Waals surface area contributed by atoms with Crippen LogP contribution in [0, 0.1) is 0 Å². The van der Waals surface area contributed by atoms with E-state index in [1.54, 1.807) is 31.9 Å². The number of β-amino-alcohol motifs (C(OH)–C–C–N with tert-alkyl or cyclic N) is 1. The van der Waals surface area contributed by atoms with Gasteiger partial charge in [-0.3, -0.25) is 9.69 Å². The van der Waals surface area contributed by atoms with Gasteiger partial charge in [-0.15, -0.1) is 0 Å². The molecule has 1 saturated heterocycles. The number of hydrogen-bond donors (Lipinski definition) is 1. The molecule has 1 aliphatic heterocycles. The third-order valence-corrected chi connectivity index (χ3v) is 3.33. The predicted octanol–water partition coefficient (Wildman–Crippen LogP) is 0.350. The maximum atomic E-state index is 12.3. The first-order chi connectivity index (χ1) is 9.89. The van der Waals surface area contributed by atoms with Crippen molar-refractivity contribution in [3.8, 4) is 0 Å². The van der Waals surface area contributed by atoms with Crippen molar-refractivity contribution < 1.29 is 19.2 Å². The summed E-state index contributed by atoms with van der Waals surface area (Å²) in [4.78, 5) is 16.2. The molecular weight excluding hydrogens is 274 g/mol. The summed E-state index contributed by atoms with van der Waals surface area (Å²) < 4.78 is 9.98. The molecule has 0 saturated carbocycles. The van der Waals surface area contributed by atoms with Gasteiger partial charge in [-0.2, -0.15) is 0 Å². The van der Waals surface area contributed by atoms with Crippen molar-refractivity contribution in [3.63, 3.8) is 0 Å². The zero-order valence-corrected chi connectivity index (χ0v) is 12.8. The van der Waals surface area contributed by atoms with Gasteiger partial charge < -0.3 is 19.3 Å². The minimum atomic E-state index is -0.715. The Labute approximate surface area is 124 Å². The van der Waals surface area contributed by atoms with Crippen molar-refractivity contribution in [1.29, 1.82) is 0 Å². The Morgan fingerprint density at radius 3 is 2.67 bits per heavy atom. The maximum Gasteiger partial charge on any atom is 0.276 e. The lowest BCUT2D eigenvalue weighted by Gasteiger charge is -2.36. The van der Waals surface area contributed by atoms with Crippen molar-refractivity contribution in [2.45, 2.75) is 26.1 Å². The number of amides is 1. The van der Waals surface area contributed by atoms with E-state index in [1.165, 1.54) is 0 Å². The zero-order chi connectivity index (χ0) is 15.5. The van der Waals surface area contributed by atoms with E-state index >= 15 is 0 Å². The highest BCUT2D eigenvalue weighted by Gasteiger charge is 2.26. The van der Waals surface area contributed by atoms with E-state index in [1.807, 2.05) is 0 Å². The number of piperazine rings is 1. The average molecular weight is 297 g/mol. The first-order valence-corrected chi connectivity index (χ1v) is 7.07. The second kappa shape index (κ2) is 6.55. The summed E-state index contributed by atoms with van der Waals surface area (Å²) in [5.74, 6) is 0.422. The van der Waals surface area contributed by atoms with Gasteiger partial charge in [-0.05, 0) is 13.8 Å². The molecule has 1 amide bonds. The molecule has 118 valence electrons. The van der Waals surface area contributed by atoms with Crippen molar-refractivity contribution in [2.24, 2.45) is 0 Å². The van der Waals surface area contributed by atoms with Gasteiger partial charge in [0.25, 0.3) is 5.91 Å². The normalized spacial score (nSPS) is 17.2. The summed E-state index contributed by atoms with van der Waals surface area (Å²) >= 11 is 0. The Bertz CT molecular complexity index is 473. The van der Waals surface area contributed by atoms with Crippen LogP contribution in [0.5, 0.6) is 0 Å². The molecule has 0 radical (unpaired) electrons. The Kier molecular flexibility index (Phi) is 4.97. The number of methoxy groups -OCH3 is 1. The largest absolute Gasteiger partial charge is 0.389 e. The van der Waals surface area contributed by atoms with E-state index in [-0.39, 0.29) is 5.91 Å². The number of nitrogens with zero attached hydrogens (tertiary/aromatic N) is 3. The van der Waals surface area contributed by atoms with Crippen LogP contribution < -0.4 is 0 Å². The molecule has 0 bridgehead atoms. The molecule has 21 heavy (non-hydrogen) atoms. The van der Waals surface area contributed by atoms with Gasteiger partial charge in [0.1, 0.15) is 6.61 Å². The molecule has 7 nitrogen and oxygen atoms in total. The van der Waals surface area contributed by atoms with Crippen LogP contribution >= 0.6 is 0 Å². The lowest BCUT2D eigenvalue weighted by atomic mass is 10.1. The van der Waals surface area contributed by atoms with Crippen LogP contribution in [0.15, 0.2) is 10.6 Å². The van der Waals surface area contributed by atoms with Gasteiger partial charge in [0.05, 0.1) is 5.60 Å². The number of carbonyl (C=O) groups excluding carboxylic acids is 1. The van der Waals surface area contributed by atoms with Gasteiger partial charge in [0, 0.05) is 45.9 Å². The van der Waals surface area contributed by atoms with E-state index in [4.69, 9.17) is 9.26 Å². The summed E-state index contributed by atoms with van der Waals surface area (Å²) in [5.41, 5.74) is -0.397. The fourth-order valence-electron chi connectivity index (χ4n) is 2.44. The van der Waals surface area contributed by atoms with Gasteiger partial charge >= 0.3 is 0 Å². The van der Waals surface area contributed by atoms with Crippen LogP contribution in [-0.2, 0) is 11.3 Å². The Hall–Kier alpha value is -1.44. The van der Waals surface area contributed by atoms with Crippen molar-refractivity contribution in [3.05, 3.63) is 17.5 Å². The van der Waals surface area contributed by atoms with E-state index < -0.39 is 5.60 Å². The monoisotopic (exact) mass is 297 g/mol. The van der Waals surface area contributed by atoms with Crippen molar-refractivity contribution in [1.82, 2.24) is 15.0 Å². The summed E-state index contributed by atoms with van der Waals surface area (Å²) in [6.45, 7) is 7.24. The fraction of sp³-hybridized carbons (Fsp3) is 0.714. The number of hydrogen-bond acceptors (Lipinski definition) is 6. The number of aliphatic hydroxyl groups is 1. The minimum Gasteiger partial charge on any atom is -0.389 e. The molecule has 0 aliphatic carbocycles. The maximum absolute atomic E-state index is 12.3. The minimum absolute atomic E-state index is 0.121. The lowest BCUT2D eigenvalue weighted by molar-refractivity contribution is 0.0176. The van der Waals surface area contributed by atoms with Gasteiger partial charge in [-0.1, -0.05) is 5.16 Å². The molecular formula is C14H23N3O4. The molecule has 1 N–H and O–H groups in total. The molecule has 1 aromatic heterocycles. The highest BCUT2D eigenvalue weighted by atomic mass is 16.5. The fourth-order valence-corrected chi connectivity index (χ4v) is 2.44. The van der Waals surface area contributed by atoms with Crippen LogP contribution in [0.2, 0.25) is 0 Å². The summed E-state index contributed by atoms with van der Waals surface area (Å²) in [6.07, 6.45) is 0.